The summed E-state index contributed by atoms with van der Waals surface area (Å²) in [5.74, 6) is -2.88. The average molecular weight is 312 g/mol. The molecule has 0 radical (unpaired) electrons. The molecule has 0 bridgehead atoms. The van der Waals surface area contributed by atoms with Crippen LogP contribution in [0.3, 0.4) is 0 Å². The second kappa shape index (κ2) is 6.18. The number of pyridine rings is 1. The molecule has 2 N–H and O–H groups in total. The van der Waals surface area contributed by atoms with Crippen molar-refractivity contribution in [1.82, 2.24) is 4.98 Å². The molecule has 1 saturated carbocycles. The van der Waals surface area contributed by atoms with E-state index in [2.05, 4.69) is 4.98 Å². The molecule has 2 rings (SSSR count). The maximum Gasteiger partial charge on any atom is 0.249 e. The zero-order chi connectivity index (χ0) is 16.5. The van der Waals surface area contributed by atoms with Gasteiger partial charge in [0.2, 0.25) is 17.7 Å². The number of hydrogen-bond acceptors (Lipinski definition) is 3. The van der Waals surface area contributed by atoms with Crippen molar-refractivity contribution in [3.63, 3.8) is 0 Å². The zero-order valence-electron chi connectivity index (χ0n) is 13.2. The lowest BCUT2D eigenvalue weighted by atomic mass is 9.84. The Morgan fingerprint density at radius 2 is 2.00 bits per heavy atom. The van der Waals surface area contributed by atoms with E-state index in [4.69, 9.17) is 10.5 Å². The lowest BCUT2D eigenvalue weighted by molar-refractivity contribution is -0.0385. The number of rotatable bonds is 4. The van der Waals surface area contributed by atoms with Crippen LogP contribution in [0.4, 0.5) is 8.78 Å². The van der Waals surface area contributed by atoms with Crippen molar-refractivity contribution in [1.29, 1.82) is 0 Å². The highest BCUT2D eigenvalue weighted by Crippen LogP contribution is 2.41. The van der Waals surface area contributed by atoms with Gasteiger partial charge in [-0.2, -0.15) is 0 Å². The van der Waals surface area contributed by atoms with E-state index in [-0.39, 0.29) is 24.9 Å². The fourth-order valence-corrected chi connectivity index (χ4v) is 2.74. The molecular formula is C16H22F2N2O2. The number of amides is 1. The highest BCUT2D eigenvalue weighted by atomic mass is 19.3. The summed E-state index contributed by atoms with van der Waals surface area (Å²) in [5.41, 5.74) is 6.96. The average Bonchev–Trinajstić information content (AvgIpc) is 2.40. The van der Waals surface area contributed by atoms with Crippen molar-refractivity contribution >= 4 is 5.91 Å². The molecule has 1 aromatic rings. The number of carbonyl (C=O) groups excluding carboxylic acids is 1. The highest BCUT2D eigenvalue weighted by Gasteiger charge is 2.36. The monoisotopic (exact) mass is 312 g/mol. The summed E-state index contributed by atoms with van der Waals surface area (Å²) in [4.78, 5) is 16.1. The van der Waals surface area contributed by atoms with E-state index in [1.807, 2.05) is 13.8 Å². The van der Waals surface area contributed by atoms with Crippen LogP contribution < -0.4 is 10.5 Å². The molecule has 1 heterocycles. The van der Waals surface area contributed by atoms with Crippen LogP contribution >= 0.6 is 0 Å². The molecule has 22 heavy (non-hydrogen) atoms. The quantitative estimate of drug-likeness (QED) is 0.924. The first-order valence-electron chi connectivity index (χ1n) is 7.55. The zero-order valence-corrected chi connectivity index (χ0v) is 13.2. The van der Waals surface area contributed by atoms with Crippen LogP contribution in [0, 0.1) is 6.92 Å². The van der Waals surface area contributed by atoms with Gasteiger partial charge in [0, 0.05) is 35.6 Å². The van der Waals surface area contributed by atoms with Crippen LogP contribution in [0.1, 0.15) is 67.1 Å². The number of primary amides is 1. The molecule has 0 aromatic carbocycles. The third-order valence-electron chi connectivity index (χ3n) is 4.00. The first-order chi connectivity index (χ1) is 10.2. The molecule has 0 unspecified atom stereocenters. The van der Waals surface area contributed by atoms with Crippen LogP contribution in [0.15, 0.2) is 6.07 Å². The lowest BCUT2D eigenvalue weighted by Gasteiger charge is -2.28. The van der Waals surface area contributed by atoms with E-state index in [0.29, 0.717) is 35.5 Å². The molecule has 1 fully saturated rings. The minimum atomic E-state index is -2.59. The lowest BCUT2D eigenvalue weighted by Crippen LogP contribution is -2.25. The van der Waals surface area contributed by atoms with Gasteiger partial charge in [-0.3, -0.25) is 4.79 Å². The second-order valence-corrected chi connectivity index (χ2v) is 6.19. The minimum Gasteiger partial charge on any atom is -0.475 e. The highest BCUT2D eigenvalue weighted by molar-refractivity contribution is 5.94. The van der Waals surface area contributed by atoms with E-state index in [9.17, 15) is 13.6 Å². The molecule has 1 aliphatic rings. The maximum atomic E-state index is 13.3. The van der Waals surface area contributed by atoms with Gasteiger partial charge < -0.3 is 10.5 Å². The molecule has 0 aliphatic heterocycles. The first-order valence-corrected chi connectivity index (χ1v) is 7.55. The van der Waals surface area contributed by atoms with Crippen LogP contribution in [-0.4, -0.2) is 22.9 Å². The van der Waals surface area contributed by atoms with E-state index in [1.165, 1.54) is 0 Å². The largest absolute Gasteiger partial charge is 0.475 e. The first kappa shape index (κ1) is 16.6. The Kier molecular flexibility index (Phi) is 4.68. The van der Waals surface area contributed by atoms with E-state index < -0.39 is 11.8 Å². The number of nitrogens with zero attached hydrogens (tertiary/aromatic N) is 1. The van der Waals surface area contributed by atoms with Gasteiger partial charge in [0.05, 0.1) is 6.10 Å². The van der Waals surface area contributed by atoms with Crippen LogP contribution in [0.2, 0.25) is 0 Å². The molecule has 6 heteroatoms. The molecule has 1 aliphatic carbocycles. The van der Waals surface area contributed by atoms with Crippen LogP contribution in [0.5, 0.6) is 5.88 Å². The van der Waals surface area contributed by atoms with Gasteiger partial charge >= 0.3 is 0 Å². The Labute approximate surface area is 129 Å². The minimum absolute atomic E-state index is 0.0900. The topological polar surface area (TPSA) is 65.2 Å². The summed E-state index contributed by atoms with van der Waals surface area (Å²) in [6, 6.07) is 1.62. The number of alkyl halides is 2. The summed E-state index contributed by atoms with van der Waals surface area (Å²) in [6.45, 7) is 5.45. The maximum absolute atomic E-state index is 13.3. The molecule has 0 spiro atoms. The fraction of sp³-hybridized carbons (Fsp3) is 0.625. The van der Waals surface area contributed by atoms with Gasteiger partial charge in [-0.1, -0.05) is 0 Å². The third kappa shape index (κ3) is 3.72. The molecule has 1 aromatic heterocycles. The number of halogens is 2. The van der Waals surface area contributed by atoms with Crippen molar-refractivity contribution in [2.45, 2.75) is 64.4 Å². The van der Waals surface area contributed by atoms with Crippen molar-refractivity contribution in [3.05, 3.63) is 22.9 Å². The Bertz CT molecular complexity index is 564. The summed E-state index contributed by atoms with van der Waals surface area (Å²) < 4.78 is 32.2. The van der Waals surface area contributed by atoms with Gasteiger partial charge in [-0.05, 0) is 39.7 Å². The standard InChI is InChI=1S/C16H22F2N2O2/c1-9(2)22-15-10(3)12(14(19)21)8-13(20-15)11-4-6-16(17,18)7-5-11/h8-9,11H,4-7H2,1-3H3,(H2,19,21). The molecule has 4 nitrogen and oxygen atoms in total. The summed E-state index contributed by atoms with van der Waals surface area (Å²) in [5, 5.41) is 0. The molecular weight excluding hydrogens is 290 g/mol. The Morgan fingerprint density at radius 3 is 2.50 bits per heavy atom. The van der Waals surface area contributed by atoms with Crippen molar-refractivity contribution in [2.24, 2.45) is 5.73 Å². The SMILES string of the molecule is Cc1c(C(N)=O)cc(C2CCC(F)(F)CC2)nc1OC(C)C. The number of carbonyl (C=O) groups is 1. The van der Waals surface area contributed by atoms with Crippen molar-refractivity contribution < 1.29 is 18.3 Å². The molecule has 0 atom stereocenters. The van der Waals surface area contributed by atoms with Crippen LogP contribution in [0.25, 0.3) is 0 Å². The van der Waals surface area contributed by atoms with Crippen molar-refractivity contribution in [2.75, 3.05) is 0 Å². The Balaban J connectivity index is 2.35. The summed E-state index contributed by atoms with van der Waals surface area (Å²) in [7, 11) is 0. The second-order valence-electron chi connectivity index (χ2n) is 6.19. The number of hydrogen-bond donors (Lipinski definition) is 1. The van der Waals surface area contributed by atoms with Gasteiger partial charge in [-0.15, -0.1) is 0 Å². The smallest absolute Gasteiger partial charge is 0.249 e. The fourth-order valence-electron chi connectivity index (χ4n) is 2.74. The van der Waals surface area contributed by atoms with Crippen LogP contribution in [-0.2, 0) is 0 Å². The Hall–Kier alpha value is -1.72. The van der Waals surface area contributed by atoms with E-state index in [1.54, 1.807) is 13.0 Å². The van der Waals surface area contributed by atoms with Gasteiger partial charge in [0.15, 0.2) is 0 Å². The number of aromatic nitrogens is 1. The number of ether oxygens (including phenoxy) is 1. The summed E-state index contributed by atoms with van der Waals surface area (Å²) in [6.07, 6.45) is 0.293. The van der Waals surface area contributed by atoms with E-state index >= 15 is 0 Å². The molecule has 122 valence electrons. The predicted octanol–water partition coefficient (Wildman–Crippen LogP) is 3.57. The van der Waals surface area contributed by atoms with E-state index in [0.717, 1.165) is 0 Å². The normalized spacial score (nSPS) is 18.5. The van der Waals surface area contributed by atoms with Gasteiger partial charge in [0.1, 0.15) is 0 Å². The van der Waals surface area contributed by atoms with Gasteiger partial charge in [-0.25, -0.2) is 13.8 Å². The third-order valence-corrected chi connectivity index (χ3v) is 4.00. The van der Waals surface area contributed by atoms with Crippen molar-refractivity contribution in [3.8, 4) is 5.88 Å². The summed E-state index contributed by atoms with van der Waals surface area (Å²) >= 11 is 0. The Morgan fingerprint density at radius 1 is 1.41 bits per heavy atom. The predicted molar refractivity (Wildman–Crippen MR) is 79.4 cm³/mol. The molecule has 0 saturated heterocycles. The number of nitrogens with two attached hydrogens (primary N) is 1. The van der Waals surface area contributed by atoms with Gasteiger partial charge in [0.25, 0.3) is 0 Å². The molecule has 1 amide bonds.